The zero-order valence-electron chi connectivity index (χ0n) is 18.5. The summed E-state index contributed by atoms with van der Waals surface area (Å²) >= 11 is 0. The molecule has 4 heterocycles. The second-order valence-corrected chi connectivity index (χ2v) is 8.18. The summed E-state index contributed by atoms with van der Waals surface area (Å²) in [5.41, 5.74) is 3.62. The fourth-order valence-electron chi connectivity index (χ4n) is 4.29. The third-order valence-corrected chi connectivity index (χ3v) is 5.91. The van der Waals surface area contributed by atoms with Crippen LogP contribution in [-0.2, 0) is 4.79 Å². The van der Waals surface area contributed by atoms with Gasteiger partial charge in [-0.2, -0.15) is 0 Å². The van der Waals surface area contributed by atoms with Crippen LogP contribution in [0.3, 0.4) is 0 Å². The number of nitrogens with one attached hydrogen (secondary N) is 1. The number of hydrogen-bond donors (Lipinski definition) is 1. The summed E-state index contributed by atoms with van der Waals surface area (Å²) < 4.78 is 0. The monoisotopic (exact) mass is 439 g/mol. The van der Waals surface area contributed by atoms with Crippen LogP contribution >= 0.6 is 0 Å². The van der Waals surface area contributed by atoms with Crippen molar-refractivity contribution >= 4 is 22.6 Å². The lowest BCUT2D eigenvalue weighted by atomic mass is 10.1. The molecule has 1 fully saturated rings. The largest absolute Gasteiger partial charge is 0.369 e. The van der Waals surface area contributed by atoms with Gasteiger partial charge >= 0.3 is 0 Å². The van der Waals surface area contributed by atoms with Crippen molar-refractivity contribution in [3.05, 3.63) is 72.4 Å². The maximum Gasteiger partial charge on any atom is 0.224 e. The van der Waals surface area contributed by atoms with E-state index in [2.05, 4.69) is 31.3 Å². The molecule has 8 heteroatoms. The Morgan fingerprint density at radius 1 is 1.09 bits per heavy atom. The van der Waals surface area contributed by atoms with E-state index in [1.807, 2.05) is 48.2 Å². The maximum atomic E-state index is 13.1. The van der Waals surface area contributed by atoms with Crippen molar-refractivity contribution in [2.45, 2.75) is 32.2 Å². The lowest BCUT2D eigenvalue weighted by Crippen LogP contribution is -2.32. The third kappa shape index (κ3) is 4.50. The smallest absolute Gasteiger partial charge is 0.224 e. The third-order valence-electron chi connectivity index (χ3n) is 5.91. The Kier molecular flexibility index (Phi) is 5.89. The molecule has 1 aliphatic rings. The number of aromatic nitrogens is 5. The maximum absolute atomic E-state index is 13.1. The average Bonchev–Trinajstić information content (AvgIpc) is 3.35. The van der Waals surface area contributed by atoms with Gasteiger partial charge in [0.1, 0.15) is 17.8 Å². The highest BCUT2D eigenvalue weighted by Crippen LogP contribution is 2.32. The van der Waals surface area contributed by atoms with Gasteiger partial charge in [0.25, 0.3) is 0 Å². The predicted octanol–water partition coefficient (Wildman–Crippen LogP) is 3.96. The first-order valence-electron chi connectivity index (χ1n) is 11.2. The minimum Gasteiger partial charge on any atom is -0.369 e. The highest BCUT2D eigenvalue weighted by Gasteiger charge is 2.31. The summed E-state index contributed by atoms with van der Waals surface area (Å²) in [4.78, 5) is 37.2. The van der Waals surface area contributed by atoms with Crippen LogP contribution in [0.2, 0.25) is 0 Å². The molecule has 0 saturated carbocycles. The van der Waals surface area contributed by atoms with Crippen LogP contribution in [0.4, 0.5) is 5.82 Å². The molecule has 5 rings (SSSR count). The summed E-state index contributed by atoms with van der Waals surface area (Å²) in [6.07, 6.45) is 7.26. The molecule has 1 aliphatic heterocycles. The van der Waals surface area contributed by atoms with Gasteiger partial charge in [0, 0.05) is 37.3 Å². The minimum absolute atomic E-state index is 0.0366. The van der Waals surface area contributed by atoms with Crippen molar-refractivity contribution in [3.8, 4) is 11.5 Å². The molecule has 1 atom stereocenters. The Bertz CT molecular complexity index is 1280. The van der Waals surface area contributed by atoms with Crippen LogP contribution in [0.15, 0.2) is 61.2 Å². The quantitative estimate of drug-likeness (QED) is 0.486. The number of fused-ring (bicyclic) bond motifs is 1. The van der Waals surface area contributed by atoms with Crippen molar-refractivity contribution in [2.75, 3.05) is 18.4 Å². The van der Waals surface area contributed by atoms with Crippen molar-refractivity contribution in [2.24, 2.45) is 0 Å². The molecule has 0 unspecified atom stereocenters. The number of carbonyl (C=O) groups excluding carboxylic acids is 1. The Hall–Kier alpha value is -3.94. The van der Waals surface area contributed by atoms with Crippen molar-refractivity contribution in [1.82, 2.24) is 29.8 Å². The van der Waals surface area contributed by atoms with E-state index < -0.39 is 0 Å². The van der Waals surface area contributed by atoms with Gasteiger partial charge in [-0.1, -0.05) is 17.7 Å². The zero-order valence-corrected chi connectivity index (χ0v) is 18.5. The van der Waals surface area contributed by atoms with Gasteiger partial charge in [-0.05, 0) is 50.1 Å². The first kappa shape index (κ1) is 20.9. The number of hydrogen-bond acceptors (Lipinski definition) is 7. The first-order chi connectivity index (χ1) is 16.2. The normalized spacial score (nSPS) is 15.7. The van der Waals surface area contributed by atoms with E-state index in [9.17, 15) is 4.79 Å². The number of benzene rings is 1. The Morgan fingerprint density at radius 2 is 2.03 bits per heavy atom. The molecular weight excluding hydrogens is 414 g/mol. The highest BCUT2D eigenvalue weighted by molar-refractivity contribution is 5.89. The molecule has 1 saturated heterocycles. The van der Waals surface area contributed by atoms with Gasteiger partial charge < -0.3 is 10.2 Å². The van der Waals surface area contributed by atoms with Gasteiger partial charge in [0.05, 0.1) is 17.3 Å². The Morgan fingerprint density at radius 3 is 2.91 bits per heavy atom. The summed E-state index contributed by atoms with van der Waals surface area (Å²) in [5.74, 6) is 1.45. The molecule has 0 bridgehead atoms. The molecular formula is C25H25N7O. The number of pyridine rings is 1. The lowest BCUT2D eigenvalue weighted by molar-refractivity contribution is -0.131. The van der Waals surface area contributed by atoms with Crippen LogP contribution in [0.5, 0.6) is 0 Å². The molecule has 0 spiro atoms. The Balaban J connectivity index is 1.26. The van der Waals surface area contributed by atoms with Gasteiger partial charge in [-0.3, -0.25) is 9.78 Å². The van der Waals surface area contributed by atoms with E-state index in [4.69, 9.17) is 4.98 Å². The second kappa shape index (κ2) is 9.28. The molecule has 4 aromatic rings. The number of likely N-dealkylation sites (tertiary alicyclic amines) is 1. The molecule has 8 nitrogen and oxygen atoms in total. The lowest BCUT2D eigenvalue weighted by Gasteiger charge is -2.24. The molecule has 166 valence electrons. The summed E-state index contributed by atoms with van der Waals surface area (Å²) in [7, 11) is 0. The van der Waals surface area contributed by atoms with E-state index in [-0.39, 0.29) is 11.9 Å². The van der Waals surface area contributed by atoms with Crippen LogP contribution in [-0.4, -0.2) is 48.8 Å². The van der Waals surface area contributed by atoms with E-state index in [1.54, 1.807) is 18.7 Å². The van der Waals surface area contributed by atoms with Crippen LogP contribution < -0.4 is 5.32 Å². The fraction of sp³-hybridized carbons (Fsp3) is 0.280. The molecule has 1 N–H and O–H groups in total. The predicted molar refractivity (Wildman–Crippen MR) is 126 cm³/mol. The fourth-order valence-corrected chi connectivity index (χ4v) is 4.29. The second-order valence-electron chi connectivity index (χ2n) is 8.18. The summed E-state index contributed by atoms with van der Waals surface area (Å²) in [6.45, 7) is 3.28. The molecule has 1 amide bonds. The minimum atomic E-state index is -0.0366. The first-order valence-corrected chi connectivity index (χ1v) is 11.2. The van der Waals surface area contributed by atoms with Gasteiger partial charge in [0.2, 0.25) is 5.91 Å². The highest BCUT2D eigenvalue weighted by atomic mass is 16.2. The topological polar surface area (TPSA) is 96.8 Å². The van der Waals surface area contributed by atoms with Crippen LogP contribution in [0.25, 0.3) is 22.4 Å². The number of carbonyl (C=O) groups is 1. The van der Waals surface area contributed by atoms with Crippen molar-refractivity contribution in [3.63, 3.8) is 0 Å². The average molecular weight is 440 g/mol. The Labute approximate surface area is 192 Å². The number of nitrogens with zero attached hydrogens (tertiary/aromatic N) is 6. The van der Waals surface area contributed by atoms with E-state index in [0.29, 0.717) is 18.8 Å². The van der Waals surface area contributed by atoms with Crippen LogP contribution in [0, 0.1) is 6.92 Å². The molecule has 33 heavy (non-hydrogen) atoms. The van der Waals surface area contributed by atoms with Crippen molar-refractivity contribution < 1.29 is 4.79 Å². The molecule has 0 radical (unpaired) electrons. The van der Waals surface area contributed by atoms with E-state index in [1.165, 1.54) is 0 Å². The summed E-state index contributed by atoms with van der Waals surface area (Å²) in [5, 5.41) is 4.29. The number of anilines is 1. The van der Waals surface area contributed by atoms with Crippen LogP contribution in [0.1, 0.15) is 36.6 Å². The van der Waals surface area contributed by atoms with E-state index in [0.717, 1.165) is 53.1 Å². The summed E-state index contributed by atoms with van der Waals surface area (Å²) in [6, 6.07) is 13.6. The number of amides is 1. The van der Waals surface area contributed by atoms with Crippen molar-refractivity contribution in [1.29, 1.82) is 0 Å². The molecule has 0 aliphatic carbocycles. The molecule has 3 aromatic heterocycles. The number of aryl methyl sites for hydroxylation is 1. The van der Waals surface area contributed by atoms with Gasteiger partial charge in [0.15, 0.2) is 5.82 Å². The molecule has 1 aromatic carbocycles. The number of rotatable bonds is 6. The van der Waals surface area contributed by atoms with E-state index >= 15 is 0 Å². The zero-order chi connectivity index (χ0) is 22.6. The standard InChI is InChI=1S/C25H25N7O/c1-17-7-8-19-18(15-17)24(30-16-29-19)27-13-10-23(33)32-14-4-6-22(32)20-9-12-28-25(31-20)21-5-2-3-11-26-21/h2-3,5,7-9,11-12,15-16,22H,4,6,10,13-14H2,1H3,(H,27,29,30)/t22-/m0/s1. The SMILES string of the molecule is Cc1ccc2ncnc(NCCC(=O)N3CCC[C@H]3c3ccnc(-c4ccccn4)n3)c2c1. The van der Waals surface area contributed by atoms with Gasteiger partial charge in [-0.25, -0.2) is 19.9 Å². The van der Waals surface area contributed by atoms with Gasteiger partial charge in [-0.15, -0.1) is 0 Å².